The van der Waals surface area contributed by atoms with Crippen molar-refractivity contribution in [2.45, 2.75) is 0 Å². The predicted octanol–water partition coefficient (Wildman–Crippen LogP) is 3.23. The van der Waals surface area contributed by atoms with E-state index in [1.54, 1.807) is 12.1 Å². The molecule has 4 nitrogen and oxygen atoms in total. The number of rotatable bonds is 3. The molecule has 0 radical (unpaired) electrons. The summed E-state index contributed by atoms with van der Waals surface area (Å²) in [4.78, 5) is 10.7. The van der Waals surface area contributed by atoms with Gasteiger partial charge >= 0.3 is 0 Å². The summed E-state index contributed by atoms with van der Waals surface area (Å²) in [5.41, 5.74) is 4.28. The minimum absolute atomic E-state index is 0.134. The van der Waals surface area contributed by atoms with Crippen molar-refractivity contribution in [1.82, 2.24) is 0 Å². The van der Waals surface area contributed by atoms with Crippen molar-refractivity contribution in [2.75, 3.05) is 5.43 Å². The van der Waals surface area contributed by atoms with E-state index in [0.717, 1.165) is 5.69 Å². The number of hydrogen-bond donors (Lipinski definition) is 1. The number of amidine groups is 1. The summed E-state index contributed by atoms with van der Waals surface area (Å²) in [6, 6.07) is 18.5. The zero-order valence-electron chi connectivity index (χ0n) is 9.08. The molecule has 0 unspecified atom stereocenters. The first kappa shape index (κ1) is 11.0. The Balaban J connectivity index is 2.17. The summed E-state index contributed by atoms with van der Waals surface area (Å²) in [7, 11) is 0. The van der Waals surface area contributed by atoms with Gasteiger partial charge in [-0.15, -0.1) is 4.91 Å². The lowest BCUT2D eigenvalue weighted by Gasteiger charge is -2.00. The Morgan fingerprint density at radius 3 is 2.06 bits per heavy atom. The molecule has 4 heteroatoms. The highest BCUT2D eigenvalue weighted by molar-refractivity contribution is 5.99. The molecule has 0 saturated heterocycles. The van der Waals surface area contributed by atoms with Crippen molar-refractivity contribution in [3.05, 3.63) is 71.1 Å². The molecule has 17 heavy (non-hydrogen) atoms. The second-order valence-corrected chi connectivity index (χ2v) is 3.37. The third kappa shape index (κ3) is 2.98. The fourth-order valence-electron chi connectivity index (χ4n) is 1.36. The van der Waals surface area contributed by atoms with Crippen LogP contribution in [-0.4, -0.2) is 5.84 Å². The number of nitrogens with zero attached hydrogens (tertiary/aromatic N) is 2. The molecule has 2 aromatic carbocycles. The normalized spacial score (nSPS) is 10.9. The monoisotopic (exact) mass is 225 g/mol. The zero-order valence-corrected chi connectivity index (χ0v) is 9.08. The molecule has 1 N–H and O–H groups in total. The van der Waals surface area contributed by atoms with Crippen LogP contribution >= 0.6 is 0 Å². The largest absolute Gasteiger partial charge is 0.276 e. The van der Waals surface area contributed by atoms with E-state index in [2.05, 4.69) is 15.7 Å². The number of nitroso groups, excluding NO2 is 1. The summed E-state index contributed by atoms with van der Waals surface area (Å²) < 4.78 is 0. The highest BCUT2D eigenvalue weighted by Gasteiger charge is 2.01. The van der Waals surface area contributed by atoms with Crippen LogP contribution in [0.3, 0.4) is 0 Å². The summed E-state index contributed by atoms with van der Waals surface area (Å²) in [6.45, 7) is 0. The molecular formula is C13H11N3O. The van der Waals surface area contributed by atoms with Gasteiger partial charge in [-0.3, -0.25) is 5.43 Å². The van der Waals surface area contributed by atoms with Gasteiger partial charge in [0.05, 0.1) is 5.69 Å². The van der Waals surface area contributed by atoms with E-state index in [4.69, 9.17) is 0 Å². The molecule has 0 amide bonds. The molecule has 0 aliphatic heterocycles. The van der Waals surface area contributed by atoms with Crippen LogP contribution in [0.4, 0.5) is 5.69 Å². The van der Waals surface area contributed by atoms with E-state index in [0.29, 0.717) is 5.56 Å². The van der Waals surface area contributed by atoms with Crippen LogP contribution in [0.5, 0.6) is 0 Å². The first-order valence-corrected chi connectivity index (χ1v) is 5.17. The minimum Gasteiger partial charge on any atom is -0.276 e. The van der Waals surface area contributed by atoms with Gasteiger partial charge in [0.15, 0.2) is 0 Å². The lowest BCUT2D eigenvalue weighted by Crippen LogP contribution is -2.00. The Bertz CT molecular complexity index is 509. The van der Waals surface area contributed by atoms with Gasteiger partial charge in [-0.1, -0.05) is 48.5 Å². The molecule has 0 aliphatic carbocycles. The van der Waals surface area contributed by atoms with Crippen LogP contribution in [0.2, 0.25) is 0 Å². The highest BCUT2D eigenvalue weighted by Crippen LogP contribution is 2.07. The average Bonchev–Trinajstić information content (AvgIpc) is 2.42. The molecule has 0 atom stereocenters. The minimum atomic E-state index is 0.134. The molecule has 0 heterocycles. The lowest BCUT2D eigenvalue weighted by atomic mass is 10.2. The van der Waals surface area contributed by atoms with Gasteiger partial charge in [0.1, 0.15) is 0 Å². The van der Waals surface area contributed by atoms with Crippen molar-refractivity contribution in [2.24, 2.45) is 10.3 Å². The van der Waals surface area contributed by atoms with Crippen LogP contribution in [-0.2, 0) is 0 Å². The molecule has 0 bridgehead atoms. The Labute approximate surface area is 99.0 Å². The van der Waals surface area contributed by atoms with Crippen LogP contribution < -0.4 is 5.43 Å². The third-order valence-electron chi connectivity index (χ3n) is 2.18. The second kappa shape index (κ2) is 5.55. The molecule has 0 saturated carbocycles. The van der Waals surface area contributed by atoms with Crippen molar-refractivity contribution >= 4 is 11.5 Å². The molecule has 0 aromatic heterocycles. The number of hydrazone groups is 1. The van der Waals surface area contributed by atoms with E-state index in [9.17, 15) is 4.91 Å². The first-order chi connectivity index (χ1) is 8.40. The summed E-state index contributed by atoms with van der Waals surface area (Å²) >= 11 is 0. The van der Waals surface area contributed by atoms with E-state index in [1.807, 2.05) is 48.5 Å². The molecule has 2 aromatic rings. The van der Waals surface area contributed by atoms with Crippen molar-refractivity contribution in [3.8, 4) is 0 Å². The Morgan fingerprint density at radius 1 is 0.882 bits per heavy atom. The number of anilines is 1. The predicted molar refractivity (Wildman–Crippen MR) is 68.8 cm³/mol. The first-order valence-electron chi connectivity index (χ1n) is 5.17. The lowest BCUT2D eigenvalue weighted by molar-refractivity contribution is 1.30. The Morgan fingerprint density at radius 2 is 1.47 bits per heavy atom. The van der Waals surface area contributed by atoms with Gasteiger partial charge in [0, 0.05) is 5.56 Å². The Kier molecular flexibility index (Phi) is 3.60. The van der Waals surface area contributed by atoms with Gasteiger partial charge in [0.25, 0.3) is 0 Å². The molecule has 84 valence electrons. The fourth-order valence-corrected chi connectivity index (χ4v) is 1.36. The maximum Gasteiger partial charge on any atom is 0.222 e. The molecule has 0 aliphatic rings. The van der Waals surface area contributed by atoms with Crippen molar-refractivity contribution < 1.29 is 0 Å². The zero-order chi connectivity index (χ0) is 11.9. The SMILES string of the molecule is O=N/C(=N/Nc1ccccc1)c1ccccc1. The van der Waals surface area contributed by atoms with E-state index in [-0.39, 0.29) is 5.84 Å². The second-order valence-electron chi connectivity index (χ2n) is 3.37. The van der Waals surface area contributed by atoms with Gasteiger partial charge < -0.3 is 0 Å². The molecule has 0 spiro atoms. The van der Waals surface area contributed by atoms with E-state index >= 15 is 0 Å². The van der Waals surface area contributed by atoms with Crippen LogP contribution in [0.1, 0.15) is 5.56 Å². The number of hydrogen-bond acceptors (Lipinski definition) is 3. The quantitative estimate of drug-likeness (QED) is 0.377. The van der Waals surface area contributed by atoms with Gasteiger partial charge in [-0.2, -0.15) is 5.10 Å². The molecule has 2 rings (SSSR count). The number of nitrogens with one attached hydrogen (secondary N) is 1. The number of benzene rings is 2. The van der Waals surface area contributed by atoms with Crippen molar-refractivity contribution in [3.63, 3.8) is 0 Å². The molecular weight excluding hydrogens is 214 g/mol. The maximum absolute atomic E-state index is 10.7. The smallest absolute Gasteiger partial charge is 0.222 e. The summed E-state index contributed by atoms with van der Waals surface area (Å²) in [6.07, 6.45) is 0. The standard InChI is InChI=1S/C13H11N3O/c17-16-13(11-7-3-1-4-8-11)15-14-12-9-5-2-6-10-12/h1-10,14H/b15-13+. The van der Waals surface area contributed by atoms with Gasteiger partial charge in [-0.25, -0.2) is 0 Å². The number of para-hydroxylation sites is 1. The average molecular weight is 225 g/mol. The summed E-state index contributed by atoms with van der Waals surface area (Å²) in [5, 5.41) is 6.88. The highest BCUT2D eigenvalue weighted by atomic mass is 16.3. The van der Waals surface area contributed by atoms with Crippen LogP contribution in [0.25, 0.3) is 0 Å². The van der Waals surface area contributed by atoms with Crippen LogP contribution in [0.15, 0.2) is 70.9 Å². The maximum atomic E-state index is 10.7. The topological polar surface area (TPSA) is 53.8 Å². The third-order valence-corrected chi connectivity index (χ3v) is 2.18. The van der Waals surface area contributed by atoms with Crippen molar-refractivity contribution in [1.29, 1.82) is 0 Å². The molecule has 0 fully saturated rings. The van der Waals surface area contributed by atoms with Gasteiger partial charge in [-0.05, 0) is 17.3 Å². The fraction of sp³-hybridized carbons (Fsp3) is 0. The van der Waals surface area contributed by atoms with Crippen LogP contribution in [0, 0.1) is 4.91 Å². The van der Waals surface area contributed by atoms with E-state index in [1.165, 1.54) is 0 Å². The van der Waals surface area contributed by atoms with Gasteiger partial charge in [0.2, 0.25) is 5.84 Å². The van der Waals surface area contributed by atoms with E-state index < -0.39 is 0 Å². The Hall–Kier alpha value is -2.49. The summed E-state index contributed by atoms with van der Waals surface area (Å²) in [5.74, 6) is 0.134.